The first-order chi connectivity index (χ1) is 14.1. The van der Waals surface area contributed by atoms with E-state index in [1.165, 1.54) is 5.39 Å². The number of nitrogens with zero attached hydrogens (tertiary/aromatic N) is 1. The van der Waals surface area contributed by atoms with E-state index in [1.54, 1.807) is 6.26 Å². The SMILES string of the molecule is Cc1cc(C(=O)NCCOc2ccc3ccccc3c2)c(C)n1Cc1ccco1. The number of aryl methyl sites for hydroxylation is 1. The third-order valence-corrected chi connectivity index (χ3v) is 5.09. The average Bonchev–Trinajstić information content (AvgIpc) is 3.35. The molecule has 0 bridgehead atoms. The van der Waals surface area contributed by atoms with Crippen LogP contribution in [0.5, 0.6) is 5.75 Å². The van der Waals surface area contributed by atoms with Gasteiger partial charge in [-0.1, -0.05) is 30.3 Å². The number of fused-ring (bicyclic) bond motifs is 1. The molecule has 1 amide bonds. The van der Waals surface area contributed by atoms with Crippen molar-refractivity contribution in [3.05, 3.63) is 89.6 Å². The lowest BCUT2D eigenvalue weighted by Gasteiger charge is -2.10. The van der Waals surface area contributed by atoms with Gasteiger partial charge in [-0.05, 0) is 55.0 Å². The molecule has 0 aliphatic carbocycles. The minimum atomic E-state index is -0.0918. The van der Waals surface area contributed by atoms with Gasteiger partial charge in [-0.15, -0.1) is 0 Å². The maximum absolute atomic E-state index is 12.6. The molecule has 0 atom stereocenters. The fourth-order valence-electron chi connectivity index (χ4n) is 3.52. The highest BCUT2D eigenvalue weighted by atomic mass is 16.5. The number of ether oxygens (including phenoxy) is 1. The molecular formula is C24H24N2O3. The topological polar surface area (TPSA) is 56.4 Å². The van der Waals surface area contributed by atoms with E-state index in [0.29, 0.717) is 25.3 Å². The molecule has 0 saturated carbocycles. The molecule has 0 radical (unpaired) electrons. The largest absolute Gasteiger partial charge is 0.492 e. The Morgan fingerprint density at radius 2 is 1.86 bits per heavy atom. The molecule has 1 N–H and O–H groups in total. The molecule has 4 rings (SSSR count). The van der Waals surface area contributed by atoms with Crippen molar-refractivity contribution >= 4 is 16.7 Å². The molecule has 0 saturated heterocycles. The van der Waals surface area contributed by atoms with Gasteiger partial charge in [0.1, 0.15) is 18.1 Å². The third-order valence-electron chi connectivity index (χ3n) is 5.09. The highest BCUT2D eigenvalue weighted by molar-refractivity contribution is 5.95. The first-order valence-electron chi connectivity index (χ1n) is 9.71. The summed E-state index contributed by atoms with van der Waals surface area (Å²) in [4.78, 5) is 12.6. The average molecular weight is 388 g/mol. The fourth-order valence-corrected chi connectivity index (χ4v) is 3.52. The lowest BCUT2D eigenvalue weighted by molar-refractivity contribution is 0.0946. The monoisotopic (exact) mass is 388 g/mol. The number of hydrogen-bond acceptors (Lipinski definition) is 3. The summed E-state index contributed by atoms with van der Waals surface area (Å²) in [5, 5.41) is 5.26. The van der Waals surface area contributed by atoms with E-state index in [-0.39, 0.29) is 5.91 Å². The van der Waals surface area contributed by atoms with Crippen LogP contribution in [0.1, 0.15) is 27.5 Å². The van der Waals surface area contributed by atoms with Crippen molar-refractivity contribution in [1.29, 1.82) is 0 Å². The molecule has 148 valence electrons. The number of carbonyl (C=O) groups is 1. The predicted molar refractivity (Wildman–Crippen MR) is 113 cm³/mol. The summed E-state index contributed by atoms with van der Waals surface area (Å²) >= 11 is 0. The summed E-state index contributed by atoms with van der Waals surface area (Å²) < 4.78 is 13.3. The van der Waals surface area contributed by atoms with E-state index in [2.05, 4.69) is 22.0 Å². The first-order valence-corrected chi connectivity index (χ1v) is 9.71. The maximum atomic E-state index is 12.6. The molecule has 2 aromatic heterocycles. The van der Waals surface area contributed by atoms with E-state index >= 15 is 0 Å². The van der Waals surface area contributed by atoms with Crippen molar-refractivity contribution in [2.75, 3.05) is 13.2 Å². The zero-order valence-electron chi connectivity index (χ0n) is 16.6. The van der Waals surface area contributed by atoms with E-state index < -0.39 is 0 Å². The molecule has 5 nitrogen and oxygen atoms in total. The van der Waals surface area contributed by atoms with Gasteiger partial charge >= 0.3 is 0 Å². The molecule has 0 unspecified atom stereocenters. The Balaban J connectivity index is 1.33. The van der Waals surface area contributed by atoms with Gasteiger partial charge in [-0.2, -0.15) is 0 Å². The Labute approximate surface area is 169 Å². The molecule has 2 heterocycles. The molecule has 0 aliphatic heterocycles. The Bertz CT molecular complexity index is 1130. The minimum absolute atomic E-state index is 0.0918. The van der Waals surface area contributed by atoms with Crippen LogP contribution in [0, 0.1) is 13.8 Å². The number of carbonyl (C=O) groups excluding carboxylic acids is 1. The summed E-state index contributed by atoms with van der Waals surface area (Å²) in [5.41, 5.74) is 2.63. The molecule has 0 fully saturated rings. The Hall–Kier alpha value is -3.47. The Kier molecular flexibility index (Phi) is 5.38. The number of aromatic nitrogens is 1. The van der Waals surface area contributed by atoms with Crippen LogP contribution in [-0.2, 0) is 6.54 Å². The second-order valence-corrected chi connectivity index (χ2v) is 7.06. The van der Waals surface area contributed by atoms with E-state index in [0.717, 1.165) is 28.3 Å². The van der Waals surface area contributed by atoms with Crippen LogP contribution < -0.4 is 10.1 Å². The van der Waals surface area contributed by atoms with Gasteiger partial charge in [0.2, 0.25) is 0 Å². The molecule has 29 heavy (non-hydrogen) atoms. The van der Waals surface area contributed by atoms with E-state index in [4.69, 9.17) is 9.15 Å². The minimum Gasteiger partial charge on any atom is -0.492 e. The van der Waals surface area contributed by atoms with Crippen molar-refractivity contribution in [3.63, 3.8) is 0 Å². The van der Waals surface area contributed by atoms with Gasteiger partial charge in [-0.25, -0.2) is 0 Å². The second-order valence-electron chi connectivity index (χ2n) is 7.06. The van der Waals surface area contributed by atoms with Crippen molar-refractivity contribution in [3.8, 4) is 5.75 Å². The summed E-state index contributed by atoms with van der Waals surface area (Å²) in [6.45, 7) is 5.41. The van der Waals surface area contributed by atoms with Crippen LogP contribution in [-0.4, -0.2) is 23.6 Å². The van der Waals surface area contributed by atoms with Gasteiger partial charge in [0.25, 0.3) is 5.91 Å². The first kappa shape index (κ1) is 18.9. The normalized spacial score (nSPS) is 11.0. The van der Waals surface area contributed by atoms with Gasteiger partial charge in [0, 0.05) is 11.4 Å². The molecule has 5 heteroatoms. The lowest BCUT2D eigenvalue weighted by Crippen LogP contribution is -2.28. The van der Waals surface area contributed by atoms with Crippen LogP contribution in [0.2, 0.25) is 0 Å². The molecule has 2 aromatic carbocycles. The quantitative estimate of drug-likeness (QED) is 0.467. The number of amides is 1. The summed E-state index contributed by atoms with van der Waals surface area (Å²) in [5.74, 6) is 1.57. The number of nitrogens with one attached hydrogen (secondary N) is 1. The van der Waals surface area contributed by atoms with Crippen LogP contribution in [0.15, 0.2) is 71.3 Å². The smallest absolute Gasteiger partial charge is 0.253 e. The Morgan fingerprint density at radius 3 is 2.66 bits per heavy atom. The zero-order valence-corrected chi connectivity index (χ0v) is 16.6. The Morgan fingerprint density at radius 1 is 1.03 bits per heavy atom. The van der Waals surface area contributed by atoms with Gasteiger partial charge < -0.3 is 19.0 Å². The summed E-state index contributed by atoms with van der Waals surface area (Å²) in [6.07, 6.45) is 1.66. The van der Waals surface area contributed by atoms with Crippen molar-refractivity contribution < 1.29 is 13.9 Å². The highest BCUT2D eigenvalue weighted by Gasteiger charge is 2.16. The van der Waals surface area contributed by atoms with Crippen molar-refractivity contribution in [2.45, 2.75) is 20.4 Å². The predicted octanol–water partition coefficient (Wildman–Crippen LogP) is 4.71. The number of furan rings is 1. The van der Waals surface area contributed by atoms with Crippen LogP contribution >= 0.6 is 0 Å². The van der Waals surface area contributed by atoms with Gasteiger partial charge in [0.15, 0.2) is 0 Å². The fraction of sp³-hybridized carbons (Fsp3) is 0.208. The lowest BCUT2D eigenvalue weighted by atomic mass is 10.1. The van der Waals surface area contributed by atoms with Crippen molar-refractivity contribution in [2.24, 2.45) is 0 Å². The molecule has 0 aliphatic rings. The number of rotatable bonds is 7. The van der Waals surface area contributed by atoms with Gasteiger partial charge in [0.05, 0.1) is 24.9 Å². The summed E-state index contributed by atoms with van der Waals surface area (Å²) in [7, 11) is 0. The standard InChI is InChI=1S/C24H24N2O3/c1-17-14-23(18(2)26(17)16-22-8-5-12-28-22)24(27)25-11-13-29-21-10-9-19-6-3-4-7-20(19)15-21/h3-10,12,14-15H,11,13,16H2,1-2H3,(H,25,27). The van der Waals surface area contributed by atoms with Crippen LogP contribution in [0.25, 0.3) is 10.8 Å². The third kappa shape index (κ3) is 4.19. The zero-order chi connectivity index (χ0) is 20.2. The molecule has 0 spiro atoms. The van der Waals surface area contributed by atoms with E-state index in [9.17, 15) is 4.79 Å². The second kappa shape index (κ2) is 8.27. The highest BCUT2D eigenvalue weighted by Crippen LogP contribution is 2.20. The van der Waals surface area contributed by atoms with Crippen LogP contribution in [0.3, 0.4) is 0 Å². The molecule has 4 aromatic rings. The van der Waals surface area contributed by atoms with Crippen molar-refractivity contribution in [1.82, 2.24) is 9.88 Å². The molecular weight excluding hydrogens is 364 g/mol. The summed E-state index contributed by atoms with van der Waals surface area (Å²) in [6, 6.07) is 19.9. The van der Waals surface area contributed by atoms with E-state index in [1.807, 2.05) is 62.4 Å². The number of hydrogen-bond donors (Lipinski definition) is 1. The number of benzene rings is 2. The van der Waals surface area contributed by atoms with Gasteiger partial charge in [-0.3, -0.25) is 4.79 Å². The maximum Gasteiger partial charge on any atom is 0.253 e. The van der Waals surface area contributed by atoms with Crippen LogP contribution in [0.4, 0.5) is 0 Å².